The molecule has 1 amide bonds. The van der Waals surface area contributed by atoms with Crippen LogP contribution in [0.1, 0.15) is 5.56 Å². The maximum Gasteiger partial charge on any atom is 0.277 e. The average molecular weight is 616 g/mol. The van der Waals surface area contributed by atoms with Crippen LogP contribution in [0.2, 0.25) is 0 Å². The summed E-state index contributed by atoms with van der Waals surface area (Å²) in [6.07, 6.45) is 1.40. The second kappa shape index (κ2) is 9.72. The van der Waals surface area contributed by atoms with Gasteiger partial charge in [0.2, 0.25) is 0 Å². The smallest absolute Gasteiger partial charge is 0.277 e. The van der Waals surface area contributed by atoms with Crippen LogP contribution in [0.25, 0.3) is 0 Å². The summed E-state index contributed by atoms with van der Waals surface area (Å²) in [5, 5.41) is 13.8. The van der Waals surface area contributed by atoms with Crippen LogP contribution in [0, 0.1) is 0 Å². The van der Waals surface area contributed by atoms with Gasteiger partial charge in [0.1, 0.15) is 5.75 Å². The van der Waals surface area contributed by atoms with Gasteiger partial charge in [-0.3, -0.25) is 4.79 Å². The number of phenolic OH excluding ortho intramolecular Hbond substituents is 1. The van der Waals surface area contributed by atoms with E-state index >= 15 is 0 Å². The topological polar surface area (TPSA) is 80.2 Å². The zero-order valence-electron chi connectivity index (χ0n) is 13.2. The number of hydrogen-bond donors (Lipinski definition) is 2. The first-order valence-corrected chi connectivity index (χ1v) is 10.2. The van der Waals surface area contributed by atoms with E-state index in [2.05, 4.69) is 74.2 Å². The Morgan fingerprint density at radius 2 is 1.92 bits per heavy atom. The van der Waals surface area contributed by atoms with Gasteiger partial charge in [0, 0.05) is 14.5 Å². The zero-order valence-corrected chi connectivity index (χ0v) is 19.6. The van der Waals surface area contributed by atoms with E-state index in [0.29, 0.717) is 30.5 Å². The largest absolute Gasteiger partial charge is 0.506 e. The fourth-order valence-corrected chi connectivity index (χ4v) is 4.48. The predicted molar refractivity (Wildman–Crippen MR) is 113 cm³/mol. The number of rotatable bonds is 6. The third kappa shape index (κ3) is 5.45. The molecule has 0 spiro atoms. The summed E-state index contributed by atoms with van der Waals surface area (Å²) in [7, 11) is 1.52. The summed E-state index contributed by atoms with van der Waals surface area (Å²) in [5.41, 5.74) is 2.93. The third-order valence-corrected chi connectivity index (χ3v) is 5.61. The molecule has 0 aliphatic carbocycles. The van der Waals surface area contributed by atoms with Gasteiger partial charge in [0.05, 0.1) is 22.3 Å². The second-order valence-corrected chi connectivity index (χ2v) is 8.21. The molecule has 0 saturated heterocycles. The highest BCUT2D eigenvalue weighted by Crippen LogP contribution is 2.38. The van der Waals surface area contributed by atoms with Gasteiger partial charge in [-0.2, -0.15) is 5.10 Å². The average Bonchev–Trinajstić information content (AvgIpc) is 2.61. The van der Waals surface area contributed by atoms with Crippen molar-refractivity contribution in [1.82, 2.24) is 5.43 Å². The van der Waals surface area contributed by atoms with E-state index in [9.17, 15) is 9.90 Å². The van der Waals surface area contributed by atoms with Crippen LogP contribution < -0.4 is 14.9 Å². The molecule has 0 saturated carbocycles. The van der Waals surface area contributed by atoms with Gasteiger partial charge in [0.25, 0.3) is 5.91 Å². The summed E-state index contributed by atoms with van der Waals surface area (Å²) in [6.45, 7) is -0.233. The summed E-state index contributed by atoms with van der Waals surface area (Å²) >= 11 is 13.2. The van der Waals surface area contributed by atoms with Crippen molar-refractivity contribution >= 4 is 75.8 Å². The Morgan fingerprint density at radius 1 is 1.19 bits per heavy atom. The first-order valence-electron chi connectivity index (χ1n) is 6.98. The normalized spacial score (nSPS) is 10.8. The molecule has 6 nitrogen and oxygen atoms in total. The number of halogens is 4. The minimum absolute atomic E-state index is 0.0339. The van der Waals surface area contributed by atoms with E-state index in [4.69, 9.17) is 9.47 Å². The number of amides is 1. The van der Waals surface area contributed by atoms with Crippen molar-refractivity contribution in [2.75, 3.05) is 13.7 Å². The van der Waals surface area contributed by atoms with Crippen molar-refractivity contribution in [3.63, 3.8) is 0 Å². The number of aromatic hydroxyl groups is 1. The van der Waals surface area contributed by atoms with Gasteiger partial charge in [-0.05, 0) is 56.1 Å². The molecule has 0 atom stereocenters. The lowest BCUT2D eigenvalue weighted by molar-refractivity contribution is -0.123. The molecular weight excluding hydrogens is 604 g/mol. The van der Waals surface area contributed by atoms with Gasteiger partial charge in [-0.25, -0.2) is 5.43 Å². The SMILES string of the molecule is COc1cc(Br)ccc1OCC(=O)N/N=C\c1c(Br)cc(Br)c(O)c1Br. The maximum absolute atomic E-state index is 11.9. The Kier molecular flexibility index (Phi) is 7.93. The molecule has 0 aromatic heterocycles. The zero-order chi connectivity index (χ0) is 19.3. The van der Waals surface area contributed by atoms with E-state index in [1.807, 2.05) is 0 Å². The number of ether oxygens (including phenoxy) is 2. The molecule has 10 heteroatoms. The molecule has 0 aliphatic rings. The summed E-state index contributed by atoms with van der Waals surface area (Å²) in [5.74, 6) is 0.540. The summed E-state index contributed by atoms with van der Waals surface area (Å²) in [4.78, 5) is 11.9. The third-order valence-electron chi connectivity index (χ3n) is 3.05. The number of methoxy groups -OCH3 is 1. The standard InChI is InChI=1S/C16H12Br4N2O4/c1-25-13-4-8(17)2-3-12(13)26-7-14(23)22-21-6-9-10(18)5-11(19)16(24)15(9)20/h2-6,24H,7H2,1H3,(H,22,23)/b21-6-. The first-order chi connectivity index (χ1) is 12.3. The van der Waals surface area contributed by atoms with Gasteiger partial charge in [-0.15, -0.1) is 0 Å². The summed E-state index contributed by atoms with van der Waals surface area (Å²) in [6, 6.07) is 6.88. The highest BCUT2D eigenvalue weighted by atomic mass is 79.9. The Balaban J connectivity index is 1.98. The van der Waals surface area contributed by atoms with Crippen LogP contribution >= 0.6 is 63.7 Å². The fraction of sp³-hybridized carbons (Fsp3) is 0.125. The molecule has 0 aliphatic heterocycles. The van der Waals surface area contributed by atoms with Crippen LogP contribution in [0.5, 0.6) is 17.2 Å². The van der Waals surface area contributed by atoms with Gasteiger partial charge >= 0.3 is 0 Å². The number of carbonyl (C=O) groups excluding carboxylic acids is 1. The van der Waals surface area contributed by atoms with Crippen LogP contribution in [0.15, 0.2) is 47.3 Å². The lowest BCUT2D eigenvalue weighted by Crippen LogP contribution is -2.24. The number of carbonyl (C=O) groups is 1. The molecule has 0 bridgehead atoms. The van der Waals surface area contributed by atoms with Gasteiger partial charge < -0.3 is 14.6 Å². The minimum Gasteiger partial charge on any atom is -0.506 e. The molecular formula is C16H12Br4N2O4. The van der Waals surface area contributed by atoms with E-state index in [-0.39, 0.29) is 12.4 Å². The van der Waals surface area contributed by atoms with E-state index in [0.717, 1.165) is 4.47 Å². The lowest BCUT2D eigenvalue weighted by atomic mass is 10.2. The van der Waals surface area contributed by atoms with Crippen molar-refractivity contribution < 1.29 is 19.4 Å². The molecule has 2 rings (SSSR count). The highest BCUT2D eigenvalue weighted by molar-refractivity contribution is 9.11. The number of benzene rings is 2. The molecule has 2 N–H and O–H groups in total. The molecule has 0 heterocycles. The Labute approximate surface area is 183 Å². The van der Waals surface area contributed by atoms with Crippen LogP contribution in [-0.4, -0.2) is 30.9 Å². The Morgan fingerprint density at radius 3 is 2.62 bits per heavy atom. The van der Waals surface area contributed by atoms with Crippen LogP contribution in [-0.2, 0) is 4.79 Å². The van der Waals surface area contributed by atoms with Crippen molar-refractivity contribution in [2.24, 2.45) is 5.10 Å². The van der Waals surface area contributed by atoms with E-state index in [1.54, 1.807) is 24.3 Å². The van der Waals surface area contributed by atoms with Crippen molar-refractivity contribution in [3.05, 3.63) is 47.7 Å². The molecule has 0 radical (unpaired) electrons. The van der Waals surface area contributed by atoms with Crippen molar-refractivity contribution in [1.29, 1.82) is 0 Å². The molecule has 2 aromatic rings. The number of nitrogens with zero attached hydrogens (tertiary/aromatic N) is 1. The van der Waals surface area contributed by atoms with E-state index in [1.165, 1.54) is 13.3 Å². The number of nitrogens with one attached hydrogen (secondary N) is 1. The first kappa shape index (κ1) is 21.2. The molecule has 26 heavy (non-hydrogen) atoms. The van der Waals surface area contributed by atoms with Crippen molar-refractivity contribution in [2.45, 2.75) is 0 Å². The molecule has 138 valence electrons. The van der Waals surface area contributed by atoms with E-state index < -0.39 is 5.91 Å². The van der Waals surface area contributed by atoms with Gasteiger partial charge in [-0.1, -0.05) is 31.9 Å². The number of phenols is 1. The molecule has 0 fully saturated rings. The van der Waals surface area contributed by atoms with Crippen LogP contribution in [0.3, 0.4) is 0 Å². The fourth-order valence-electron chi connectivity index (χ4n) is 1.82. The Bertz CT molecular complexity index is 859. The number of hydrogen-bond acceptors (Lipinski definition) is 5. The second-order valence-electron chi connectivity index (χ2n) is 4.79. The maximum atomic E-state index is 11.9. The van der Waals surface area contributed by atoms with Crippen molar-refractivity contribution in [3.8, 4) is 17.2 Å². The molecule has 0 unspecified atom stereocenters. The summed E-state index contributed by atoms with van der Waals surface area (Å²) < 4.78 is 13.1. The predicted octanol–water partition coefficient (Wildman–Crippen LogP) is 4.98. The highest BCUT2D eigenvalue weighted by Gasteiger charge is 2.12. The van der Waals surface area contributed by atoms with Gasteiger partial charge in [0.15, 0.2) is 18.1 Å². The lowest BCUT2D eigenvalue weighted by Gasteiger charge is -2.10. The van der Waals surface area contributed by atoms with Crippen LogP contribution in [0.4, 0.5) is 0 Å². The minimum atomic E-state index is -0.445. The molecule has 2 aromatic carbocycles. The quantitative estimate of drug-likeness (QED) is 0.355. The number of hydrazone groups is 1. The monoisotopic (exact) mass is 612 g/mol. The Hall–Kier alpha value is -1.10.